The minimum atomic E-state index is -0.982. The fourth-order valence-corrected chi connectivity index (χ4v) is 4.12. The van der Waals surface area contributed by atoms with Gasteiger partial charge in [-0.2, -0.15) is 0 Å². The van der Waals surface area contributed by atoms with Crippen LogP contribution in [0.2, 0.25) is 0 Å². The van der Waals surface area contributed by atoms with E-state index in [2.05, 4.69) is 27.3 Å². The zero-order valence-corrected chi connectivity index (χ0v) is 19.3. The number of esters is 1. The molecule has 2 atom stereocenters. The minimum absolute atomic E-state index is 0.0320. The summed E-state index contributed by atoms with van der Waals surface area (Å²) in [4.78, 5) is 37.7. The number of carbonyl (C=O) groups excluding carboxylic acids is 3. The van der Waals surface area contributed by atoms with Gasteiger partial charge in [0, 0.05) is 0 Å². The van der Waals surface area contributed by atoms with Crippen molar-refractivity contribution in [2.24, 2.45) is 0 Å². The number of imide groups is 1. The molecule has 1 aromatic carbocycles. The highest BCUT2D eigenvalue weighted by molar-refractivity contribution is 14.1. The summed E-state index contributed by atoms with van der Waals surface area (Å²) in [6, 6.07) is 2.61. The van der Waals surface area contributed by atoms with E-state index < -0.39 is 23.2 Å². The Hall–Kier alpha value is -1.75. The molecule has 0 spiro atoms. The summed E-state index contributed by atoms with van der Waals surface area (Å²) in [6.07, 6.45) is 2.49. The highest BCUT2D eigenvalue weighted by Crippen LogP contribution is 2.38. The largest absolute Gasteiger partial charge is 0.493 e. The van der Waals surface area contributed by atoms with Gasteiger partial charge in [0.15, 0.2) is 11.5 Å². The standard InChI is InChI=1S/C19H22INO6S/c1-6-10(2)27-16-13(20)7-12(8-14(16)25-4)9-15-17(22)21(19(24)28-15)11(3)18(23)26-5/h7-11H,6H2,1-5H3/b15-9+. The summed E-state index contributed by atoms with van der Waals surface area (Å²) in [5.74, 6) is 0.00995. The van der Waals surface area contributed by atoms with Crippen molar-refractivity contribution in [1.82, 2.24) is 4.90 Å². The molecule has 9 heteroatoms. The van der Waals surface area contributed by atoms with Crippen LogP contribution in [0.1, 0.15) is 32.8 Å². The third-order valence-corrected chi connectivity index (χ3v) is 5.88. The molecule has 1 fully saturated rings. The second-order valence-corrected chi connectivity index (χ2v) is 8.28. The van der Waals surface area contributed by atoms with Crippen LogP contribution >= 0.6 is 34.4 Å². The van der Waals surface area contributed by atoms with Gasteiger partial charge < -0.3 is 14.2 Å². The molecular formula is C19H22INO6S. The molecule has 2 unspecified atom stereocenters. The molecule has 7 nitrogen and oxygen atoms in total. The fourth-order valence-electron chi connectivity index (χ4n) is 2.46. The summed E-state index contributed by atoms with van der Waals surface area (Å²) in [6.45, 7) is 5.46. The van der Waals surface area contributed by atoms with Crippen molar-refractivity contribution in [3.05, 3.63) is 26.2 Å². The third kappa shape index (κ3) is 4.80. The topological polar surface area (TPSA) is 82.1 Å². The Kier molecular flexibility index (Phi) is 7.76. The van der Waals surface area contributed by atoms with Crippen molar-refractivity contribution in [3.8, 4) is 11.5 Å². The Morgan fingerprint density at radius 2 is 1.96 bits per heavy atom. The molecule has 2 amide bonds. The van der Waals surface area contributed by atoms with Crippen molar-refractivity contribution >= 4 is 57.5 Å². The fraction of sp³-hybridized carbons (Fsp3) is 0.421. The van der Waals surface area contributed by atoms with E-state index in [1.807, 2.05) is 19.9 Å². The molecule has 0 bridgehead atoms. The van der Waals surface area contributed by atoms with E-state index in [1.165, 1.54) is 14.0 Å². The summed E-state index contributed by atoms with van der Waals surface area (Å²) in [5.41, 5.74) is 0.689. The first-order chi connectivity index (χ1) is 13.2. The van der Waals surface area contributed by atoms with Gasteiger partial charge in [0.05, 0.1) is 28.8 Å². The lowest BCUT2D eigenvalue weighted by atomic mass is 10.1. The van der Waals surface area contributed by atoms with Gasteiger partial charge in [-0.05, 0) is 78.4 Å². The van der Waals surface area contributed by atoms with Gasteiger partial charge in [-0.25, -0.2) is 4.79 Å². The normalized spacial score (nSPS) is 17.6. The SMILES string of the molecule is CCC(C)Oc1c(I)cc(/C=C2/SC(=O)N(C(C)C(=O)OC)C2=O)cc1OC. The number of hydrogen-bond donors (Lipinski definition) is 0. The molecule has 1 aliphatic heterocycles. The number of methoxy groups -OCH3 is 2. The minimum Gasteiger partial charge on any atom is -0.493 e. The van der Waals surface area contributed by atoms with Gasteiger partial charge >= 0.3 is 5.97 Å². The van der Waals surface area contributed by atoms with Crippen LogP contribution in [-0.2, 0) is 14.3 Å². The summed E-state index contributed by atoms with van der Waals surface area (Å²) >= 11 is 2.93. The van der Waals surface area contributed by atoms with E-state index in [0.29, 0.717) is 17.1 Å². The number of benzene rings is 1. The third-order valence-electron chi connectivity index (χ3n) is 4.20. The lowest BCUT2D eigenvalue weighted by Gasteiger charge is -2.18. The number of rotatable bonds is 7. The molecular weight excluding hydrogens is 497 g/mol. The molecule has 0 radical (unpaired) electrons. The van der Waals surface area contributed by atoms with Crippen LogP contribution in [0.5, 0.6) is 11.5 Å². The van der Waals surface area contributed by atoms with Crippen molar-refractivity contribution in [2.45, 2.75) is 39.3 Å². The summed E-state index contributed by atoms with van der Waals surface area (Å²) < 4.78 is 16.8. The molecule has 2 rings (SSSR count). The van der Waals surface area contributed by atoms with Crippen LogP contribution in [0.25, 0.3) is 6.08 Å². The molecule has 1 saturated heterocycles. The lowest BCUT2D eigenvalue weighted by Crippen LogP contribution is -2.42. The number of halogens is 1. The first kappa shape index (κ1) is 22.5. The maximum absolute atomic E-state index is 12.6. The maximum Gasteiger partial charge on any atom is 0.328 e. The maximum atomic E-state index is 12.6. The number of ether oxygens (including phenoxy) is 3. The second kappa shape index (κ2) is 9.64. The predicted octanol–water partition coefficient (Wildman–Crippen LogP) is 4.07. The van der Waals surface area contributed by atoms with Crippen molar-refractivity contribution in [3.63, 3.8) is 0 Å². The Bertz CT molecular complexity index is 825. The monoisotopic (exact) mass is 519 g/mol. The Morgan fingerprint density at radius 1 is 1.29 bits per heavy atom. The van der Waals surface area contributed by atoms with E-state index >= 15 is 0 Å². The van der Waals surface area contributed by atoms with Gasteiger partial charge in [-0.3, -0.25) is 14.5 Å². The molecule has 0 aliphatic carbocycles. The van der Waals surface area contributed by atoms with Gasteiger partial charge in [0.2, 0.25) is 0 Å². The zero-order valence-electron chi connectivity index (χ0n) is 16.3. The highest BCUT2D eigenvalue weighted by Gasteiger charge is 2.41. The Balaban J connectivity index is 2.35. The molecule has 1 aliphatic rings. The van der Waals surface area contributed by atoms with Crippen LogP contribution in [0.4, 0.5) is 4.79 Å². The Morgan fingerprint density at radius 3 is 2.54 bits per heavy atom. The van der Waals surface area contributed by atoms with Gasteiger partial charge in [-0.15, -0.1) is 0 Å². The average Bonchev–Trinajstić information content (AvgIpc) is 2.95. The van der Waals surface area contributed by atoms with Crippen LogP contribution in [0.3, 0.4) is 0 Å². The quantitative estimate of drug-likeness (QED) is 0.305. The predicted molar refractivity (Wildman–Crippen MR) is 115 cm³/mol. The molecule has 28 heavy (non-hydrogen) atoms. The second-order valence-electron chi connectivity index (χ2n) is 6.12. The van der Waals surface area contributed by atoms with Gasteiger partial charge in [0.25, 0.3) is 11.1 Å². The van der Waals surface area contributed by atoms with E-state index in [0.717, 1.165) is 26.7 Å². The van der Waals surface area contributed by atoms with E-state index in [-0.39, 0.29) is 11.0 Å². The number of hydrogen-bond acceptors (Lipinski definition) is 7. The van der Waals surface area contributed by atoms with E-state index in [9.17, 15) is 14.4 Å². The van der Waals surface area contributed by atoms with E-state index in [1.54, 1.807) is 19.3 Å². The Labute approximate surface area is 181 Å². The van der Waals surface area contributed by atoms with Crippen LogP contribution < -0.4 is 9.47 Å². The number of amides is 2. The smallest absolute Gasteiger partial charge is 0.328 e. The number of carbonyl (C=O) groups is 3. The number of thioether (sulfide) groups is 1. The molecule has 152 valence electrons. The molecule has 0 aromatic heterocycles. The first-order valence-corrected chi connectivity index (χ1v) is 10.5. The molecule has 0 N–H and O–H groups in total. The molecule has 0 saturated carbocycles. The first-order valence-electron chi connectivity index (χ1n) is 8.62. The molecule has 1 aromatic rings. The summed E-state index contributed by atoms with van der Waals surface area (Å²) in [7, 11) is 2.76. The zero-order chi connectivity index (χ0) is 21.0. The van der Waals surface area contributed by atoms with Crippen LogP contribution in [-0.4, -0.2) is 48.4 Å². The van der Waals surface area contributed by atoms with Crippen molar-refractivity contribution in [2.75, 3.05) is 14.2 Å². The van der Waals surface area contributed by atoms with Crippen LogP contribution in [0.15, 0.2) is 17.0 Å². The van der Waals surface area contributed by atoms with Crippen molar-refractivity contribution in [1.29, 1.82) is 0 Å². The number of nitrogens with zero attached hydrogens (tertiary/aromatic N) is 1. The van der Waals surface area contributed by atoms with Gasteiger partial charge in [-0.1, -0.05) is 6.92 Å². The van der Waals surface area contributed by atoms with Gasteiger partial charge in [0.1, 0.15) is 6.04 Å². The van der Waals surface area contributed by atoms with Crippen molar-refractivity contribution < 1.29 is 28.6 Å². The average molecular weight is 519 g/mol. The van der Waals surface area contributed by atoms with E-state index in [4.69, 9.17) is 9.47 Å². The lowest BCUT2D eigenvalue weighted by molar-refractivity contribution is -0.148. The molecule has 1 heterocycles. The summed E-state index contributed by atoms with van der Waals surface area (Å²) in [5, 5.41) is -0.507. The highest BCUT2D eigenvalue weighted by atomic mass is 127. The van der Waals surface area contributed by atoms with Crippen LogP contribution in [0, 0.1) is 3.57 Å².